The number of nitrogens with two attached hydrogens (primary N) is 1. The minimum Gasteiger partial charge on any atom is -0.399 e. The van der Waals surface area contributed by atoms with Gasteiger partial charge in [-0.25, -0.2) is 0 Å². The Kier molecular flexibility index (Phi) is 5.39. The van der Waals surface area contributed by atoms with Crippen LogP contribution in [0.25, 0.3) is 0 Å². The predicted molar refractivity (Wildman–Crippen MR) is 88.7 cm³/mol. The maximum Gasteiger partial charge on any atom is 0.239 e. The summed E-state index contributed by atoms with van der Waals surface area (Å²) in [5.41, 5.74) is 8.03. The highest BCUT2D eigenvalue weighted by molar-refractivity contribution is 7.87. The molecule has 1 aliphatic carbocycles. The van der Waals surface area contributed by atoms with Crippen LogP contribution in [0.3, 0.4) is 0 Å². The van der Waals surface area contributed by atoms with Gasteiger partial charge in [0.1, 0.15) is 5.25 Å². The fourth-order valence-electron chi connectivity index (χ4n) is 2.75. The lowest BCUT2D eigenvalue weighted by molar-refractivity contribution is -0.115. The second-order valence-corrected chi connectivity index (χ2v) is 7.83. The molecule has 3 N–H and O–H groups in total. The Morgan fingerprint density at radius 1 is 1.33 bits per heavy atom. The molecular weight excluding hydrogens is 284 g/mol. The van der Waals surface area contributed by atoms with Crippen molar-refractivity contribution in [2.45, 2.75) is 56.5 Å². The van der Waals surface area contributed by atoms with Gasteiger partial charge in [-0.1, -0.05) is 19.3 Å². The van der Waals surface area contributed by atoms with Crippen molar-refractivity contribution in [1.29, 1.82) is 0 Å². The lowest BCUT2D eigenvalue weighted by atomic mass is 10.0. The van der Waals surface area contributed by atoms with E-state index in [0.29, 0.717) is 5.69 Å². The Balaban J connectivity index is 2.00. The molecule has 0 bridgehead atoms. The van der Waals surface area contributed by atoms with Gasteiger partial charge in [0, 0.05) is 27.4 Å². The van der Waals surface area contributed by atoms with Crippen molar-refractivity contribution in [3.63, 3.8) is 0 Å². The molecule has 116 valence electrons. The molecule has 0 aromatic heterocycles. The third kappa shape index (κ3) is 4.06. The van der Waals surface area contributed by atoms with E-state index >= 15 is 0 Å². The number of rotatable bonds is 4. The smallest absolute Gasteiger partial charge is 0.239 e. The summed E-state index contributed by atoms with van der Waals surface area (Å²) < 4.78 is 12.5. The molecule has 21 heavy (non-hydrogen) atoms. The van der Waals surface area contributed by atoms with E-state index in [2.05, 4.69) is 5.32 Å². The number of nitrogen functional groups attached to an aromatic ring is 1. The van der Waals surface area contributed by atoms with E-state index in [4.69, 9.17) is 5.73 Å². The molecule has 0 saturated heterocycles. The zero-order valence-electron chi connectivity index (χ0n) is 12.7. The lowest BCUT2D eigenvalue weighted by Crippen LogP contribution is -2.35. The fourth-order valence-corrected chi connectivity index (χ4v) is 4.40. The van der Waals surface area contributed by atoms with Crippen LogP contribution in [0.15, 0.2) is 18.2 Å². The van der Waals surface area contributed by atoms with Crippen LogP contribution in [0.1, 0.15) is 44.6 Å². The van der Waals surface area contributed by atoms with Gasteiger partial charge < -0.3 is 11.1 Å². The number of hydrogen-bond acceptors (Lipinski definition) is 3. The Morgan fingerprint density at radius 2 is 2.00 bits per heavy atom. The van der Waals surface area contributed by atoms with Crippen molar-refractivity contribution in [3.8, 4) is 0 Å². The summed E-state index contributed by atoms with van der Waals surface area (Å²) in [4.78, 5) is 12.3. The van der Waals surface area contributed by atoms with Crippen molar-refractivity contribution in [2.24, 2.45) is 0 Å². The zero-order chi connectivity index (χ0) is 15.4. The van der Waals surface area contributed by atoms with Crippen LogP contribution >= 0.6 is 0 Å². The minimum absolute atomic E-state index is 0.173. The van der Waals surface area contributed by atoms with Crippen LogP contribution in [0.5, 0.6) is 0 Å². The van der Waals surface area contributed by atoms with E-state index in [0.717, 1.165) is 36.9 Å². The number of nitrogens with one attached hydrogen (secondary N) is 1. The van der Waals surface area contributed by atoms with Gasteiger partial charge in [0.25, 0.3) is 0 Å². The van der Waals surface area contributed by atoms with Crippen LogP contribution in [-0.4, -0.2) is 20.6 Å². The monoisotopic (exact) mass is 308 g/mol. The van der Waals surface area contributed by atoms with Crippen molar-refractivity contribution in [3.05, 3.63) is 23.8 Å². The molecule has 2 atom stereocenters. The van der Waals surface area contributed by atoms with Crippen LogP contribution in [-0.2, 0) is 15.6 Å². The molecule has 4 nitrogen and oxygen atoms in total. The molecule has 1 fully saturated rings. The first-order chi connectivity index (χ1) is 9.99. The highest BCUT2D eigenvalue weighted by atomic mass is 32.2. The number of amides is 1. The Hall–Kier alpha value is -1.36. The minimum atomic E-state index is -1.10. The van der Waals surface area contributed by atoms with Crippen molar-refractivity contribution in [2.75, 3.05) is 11.1 Å². The molecule has 0 heterocycles. The first kappa shape index (κ1) is 16.0. The molecular formula is C16H24N2O2S. The van der Waals surface area contributed by atoms with Gasteiger partial charge in [-0.2, -0.15) is 0 Å². The van der Waals surface area contributed by atoms with Gasteiger partial charge in [0.2, 0.25) is 5.91 Å². The molecule has 1 aromatic carbocycles. The van der Waals surface area contributed by atoms with Gasteiger partial charge in [0.05, 0.1) is 0 Å². The molecule has 0 radical (unpaired) electrons. The SMILES string of the molecule is Cc1cc(N)ccc1NC(=O)C(C)S(=O)C1CCCCC1. The third-order valence-electron chi connectivity index (χ3n) is 4.11. The quantitative estimate of drug-likeness (QED) is 0.840. The van der Waals surface area contributed by atoms with Gasteiger partial charge in [0.15, 0.2) is 0 Å². The van der Waals surface area contributed by atoms with Gasteiger partial charge >= 0.3 is 0 Å². The first-order valence-electron chi connectivity index (χ1n) is 7.55. The highest BCUT2D eigenvalue weighted by Crippen LogP contribution is 2.25. The summed E-state index contributed by atoms with van der Waals surface area (Å²) >= 11 is 0. The Morgan fingerprint density at radius 3 is 2.62 bits per heavy atom. The largest absolute Gasteiger partial charge is 0.399 e. The van der Waals surface area contributed by atoms with E-state index in [1.807, 2.05) is 13.0 Å². The summed E-state index contributed by atoms with van der Waals surface area (Å²) in [6.45, 7) is 3.65. The first-order valence-corrected chi connectivity index (χ1v) is 8.83. The lowest BCUT2D eigenvalue weighted by Gasteiger charge is -2.24. The second-order valence-electron chi connectivity index (χ2n) is 5.79. The maximum absolute atomic E-state index is 12.5. The van der Waals surface area contributed by atoms with Crippen molar-refractivity contribution >= 4 is 28.1 Å². The number of carbonyl (C=O) groups is 1. The fraction of sp³-hybridized carbons (Fsp3) is 0.562. The van der Waals surface area contributed by atoms with E-state index in [9.17, 15) is 9.00 Å². The molecule has 5 heteroatoms. The molecule has 1 amide bonds. The summed E-state index contributed by atoms with van der Waals surface area (Å²) in [6.07, 6.45) is 5.43. The number of carbonyl (C=O) groups excluding carboxylic acids is 1. The third-order valence-corrected chi connectivity index (χ3v) is 6.15. The van der Waals surface area contributed by atoms with Crippen LogP contribution in [0.4, 0.5) is 11.4 Å². The molecule has 0 spiro atoms. The molecule has 2 rings (SSSR count). The van der Waals surface area contributed by atoms with E-state index in [-0.39, 0.29) is 11.2 Å². The molecule has 0 aliphatic heterocycles. The predicted octanol–water partition coefficient (Wildman–Crippen LogP) is 2.99. The molecule has 1 saturated carbocycles. The maximum atomic E-state index is 12.5. The second kappa shape index (κ2) is 7.07. The zero-order valence-corrected chi connectivity index (χ0v) is 13.5. The average molecular weight is 308 g/mol. The van der Waals surface area contributed by atoms with Gasteiger partial charge in [-0.05, 0) is 50.5 Å². The number of aryl methyl sites for hydroxylation is 1. The molecule has 1 aromatic rings. The van der Waals surface area contributed by atoms with Crippen molar-refractivity contribution in [1.82, 2.24) is 0 Å². The summed E-state index contributed by atoms with van der Waals surface area (Å²) in [5.74, 6) is -0.174. The Bertz CT molecular complexity index is 539. The topological polar surface area (TPSA) is 72.2 Å². The average Bonchev–Trinajstić information content (AvgIpc) is 2.49. The van der Waals surface area contributed by atoms with Crippen LogP contribution in [0.2, 0.25) is 0 Å². The summed E-state index contributed by atoms with van der Waals surface area (Å²) in [7, 11) is -1.10. The number of hydrogen-bond donors (Lipinski definition) is 2. The van der Waals surface area contributed by atoms with Crippen molar-refractivity contribution < 1.29 is 9.00 Å². The van der Waals surface area contributed by atoms with Crippen LogP contribution in [0, 0.1) is 6.92 Å². The van der Waals surface area contributed by atoms with E-state index < -0.39 is 16.0 Å². The normalized spacial score (nSPS) is 19.0. The Labute approximate surface area is 129 Å². The van der Waals surface area contributed by atoms with Gasteiger partial charge in [-0.15, -0.1) is 0 Å². The van der Waals surface area contributed by atoms with E-state index in [1.54, 1.807) is 19.1 Å². The van der Waals surface area contributed by atoms with Gasteiger partial charge in [-0.3, -0.25) is 9.00 Å². The highest BCUT2D eigenvalue weighted by Gasteiger charge is 2.28. The standard InChI is InChI=1S/C16H24N2O2S/c1-11-10-13(17)8-9-15(11)18-16(19)12(2)21(20)14-6-4-3-5-7-14/h8-10,12,14H,3-7,17H2,1-2H3,(H,18,19). The molecule has 1 aliphatic rings. The number of anilines is 2. The van der Waals surface area contributed by atoms with Crippen LogP contribution < -0.4 is 11.1 Å². The summed E-state index contributed by atoms with van der Waals surface area (Å²) in [6, 6.07) is 5.36. The number of benzene rings is 1. The van der Waals surface area contributed by atoms with E-state index in [1.165, 1.54) is 6.42 Å². The summed E-state index contributed by atoms with van der Waals surface area (Å²) in [5, 5.41) is 2.56. The molecule has 2 unspecified atom stereocenters.